The zero-order chi connectivity index (χ0) is 10.1. The Morgan fingerprint density at radius 1 is 1.57 bits per heavy atom. The second-order valence-corrected chi connectivity index (χ2v) is 3.63. The molecule has 2 aromatic rings. The smallest absolute Gasteiger partial charge is 0.241 e. The molecular formula is C8H8N4OS. The first-order valence-electron chi connectivity index (χ1n) is 4.01. The number of rotatable bonds is 2. The van der Waals surface area contributed by atoms with Crippen molar-refractivity contribution in [3.63, 3.8) is 0 Å². The summed E-state index contributed by atoms with van der Waals surface area (Å²) in [5.74, 6) is 0.296. The van der Waals surface area contributed by atoms with Gasteiger partial charge < -0.3 is 4.57 Å². The van der Waals surface area contributed by atoms with Crippen LogP contribution in [0.5, 0.6) is 0 Å². The number of aromatic nitrogens is 4. The van der Waals surface area contributed by atoms with Crippen molar-refractivity contribution in [2.45, 2.75) is 6.92 Å². The van der Waals surface area contributed by atoms with E-state index in [4.69, 9.17) is 0 Å². The topological polar surface area (TPSA) is 60.7 Å². The van der Waals surface area contributed by atoms with E-state index in [0.29, 0.717) is 16.4 Å². The molecule has 2 rings (SSSR count). The van der Waals surface area contributed by atoms with Gasteiger partial charge >= 0.3 is 0 Å². The van der Waals surface area contributed by atoms with Crippen molar-refractivity contribution in [1.82, 2.24) is 19.1 Å². The van der Waals surface area contributed by atoms with Crippen molar-refractivity contribution < 1.29 is 4.79 Å². The van der Waals surface area contributed by atoms with Gasteiger partial charge in [-0.1, -0.05) is 4.49 Å². The lowest BCUT2D eigenvalue weighted by atomic mass is 10.2. The second-order valence-electron chi connectivity index (χ2n) is 2.88. The van der Waals surface area contributed by atoms with Gasteiger partial charge in [-0.05, 0) is 18.5 Å². The summed E-state index contributed by atoms with van der Waals surface area (Å²) in [5.41, 5.74) is 0.656. The molecule has 0 amide bonds. The fraction of sp³-hybridized carbons (Fsp3) is 0.250. The molecule has 0 spiro atoms. The van der Waals surface area contributed by atoms with Gasteiger partial charge in [0.25, 0.3) is 0 Å². The highest BCUT2D eigenvalue weighted by molar-refractivity contribution is 7.08. The zero-order valence-corrected chi connectivity index (χ0v) is 8.58. The standard InChI is InChI=1S/C8H8N4OS/c1-5-7(14-11-10-5)6(13)8-9-3-4-12(8)2/h3-4H,1-2H3. The molecule has 72 valence electrons. The molecule has 6 heteroatoms. The third-order valence-corrected chi connectivity index (χ3v) is 2.71. The van der Waals surface area contributed by atoms with Crippen molar-refractivity contribution in [2.24, 2.45) is 7.05 Å². The normalized spacial score (nSPS) is 10.4. The molecule has 0 aliphatic heterocycles. The fourth-order valence-corrected chi connectivity index (χ4v) is 1.72. The summed E-state index contributed by atoms with van der Waals surface area (Å²) in [7, 11) is 1.78. The molecular weight excluding hydrogens is 200 g/mol. The predicted molar refractivity (Wildman–Crippen MR) is 51.3 cm³/mol. The van der Waals surface area contributed by atoms with E-state index in [9.17, 15) is 4.79 Å². The summed E-state index contributed by atoms with van der Waals surface area (Å²) >= 11 is 1.10. The molecule has 0 aliphatic rings. The first kappa shape index (κ1) is 9.01. The minimum absolute atomic E-state index is 0.120. The van der Waals surface area contributed by atoms with Gasteiger partial charge in [0.2, 0.25) is 5.78 Å². The number of hydrogen-bond acceptors (Lipinski definition) is 5. The van der Waals surface area contributed by atoms with Crippen LogP contribution in [0.25, 0.3) is 0 Å². The first-order chi connectivity index (χ1) is 6.70. The van der Waals surface area contributed by atoms with Crippen LogP contribution in [0.1, 0.15) is 21.2 Å². The van der Waals surface area contributed by atoms with Gasteiger partial charge in [0.15, 0.2) is 5.82 Å². The minimum Gasteiger partial charge on any atom is -0.331 e. The van der Waals surface area contributed by atoms with Crippen LogP contribution >= 0.6 is 11.5 Å². The predicted octanol–water partition coefficient (Wildman–Crippen LogP) is 0.811. The van der Waals surface area contributed by atoms with Crippen LogP contribution in [-0.2, 0) is 7.05 Å². The van der Waals surface area contributed by atoms with Gasteiger partial charge in [-0.25, -0.2) is 4.98 Å². The first-order valence-corrected chi connectivity index (χ1v) is 4.78. The number of carbonyl (C=O) groups is 1. The largest absolute Gasteiger partial charge is 0.331 e. The molecule has 0 atom stereocenters. The highest BCUT2D eigenvalue weighted by Crippen LogP contribution is 2.13. The van der Waals surface area contributed by atoms with Crippen molar-refractivity contribution in [1.29, 1.82) is 0 Å². The Kier molecular flexibility index (Phi) is 2.12. The third kappa shape index (κ3) is 1.33. The molecule has 0 aliphatic carbocycles. The van der Waals surface area contributed by atoms with Crippen molar-refractivity contribution in [3.05, 3.63) is 28.8 Å². The molecule has 0 bridgehead atoms. The number of imidazole rings is 1. The number of hydrogen-bond donors (Lipinski definition) is 0. The fourth-order valence-electron chi connectivity index (χ4n) is 1.13. The Labute approximate surface area is 84.6 Å². The maximum absolute atomic E-state index is 11.9. The average Bonchev–Trinajstić information content (AvgIpc) is 2.73. The monoisotopic (exact) mass is 208 g/mol. The number of carbonyl (C=O) groups excluding carboxylic acids is 1. The molecule has 5 nitrogen and oxygen atoms in total. The van der Waals surface area contributed by atoms with Gasteiger partial charge in [0.05, 0.1) is 5.69 Å². The van der Waals surface area contributed by atoms with Gasteiger partial charge in [0.1, 0.15) is 4.88 Å². The Bertz CT molecular complexity index is 431. The molecule has 0 radical (unpaired) electrons. The number of ketones is 1. The summed E-state index contributed by atoms with van der Waals surface area (Å²) in [4.78, 5) is 16.4. The summed E-state index contributed by atoms with van der Waals surface area (Å²) in [6.07, 6.45) is 3.33. The van der Waals surface area contributed by atoms with Crippen LogP contribution in [0.15, 0.2) is 12.4 Å². The van der Waals surface area contributed by atoms with Gasteiger partial charge in [-0.2, -0.15) is 0 Å². The molecule has 2 heterocycles. The summed E-state index contributed by atoms with van der Waals surface area (Å²) in [6, 6.07) is 0. The van der Waals surface area contributed by atoms with Crippen molar-refractivity contribution in [3.8, 4) is 0 Å². The van der Waals surface area contributed by atoms with Crippen LogP contribution in [0, 0.1) is 6.92 Å². The molecule has 0 unspecified atom stereocenters. The van der Waals surface area contributed by atoms with Crippen LogP contribution in [0.4, 0.5) is 0 Å². The Morgan fingerprint density at radius 3 is 2.86 bits per heavy atom. The van der Waals surface area contributed by atoms with Gasteiger partial charge in [-0.3, -0.25) is 4.79 Å². The van der Waals surface area contributed by atoms with Crippen LogP contribution in [0.2, 0.25) is 0 Å². The molecule has 0 fully saturated rings. The SMILES string of the molecule is Cc1nnsc1C(=O)c1nccn1C. The third-order valence-electron chi connectivity index (χ3n) is 1.88. The lowest BCUT2D eigenvalue weighted by Crippen LogP contribution is -2.08. The van der Waals surface area contributed by atoms with Crippen LogP contribution < -0.4 is 0 Å². The van der Waals surface area contributed by atoms with Crippen molar-refractivity contribution >= 4 is 17.3 Å². The van der Waals surface area contributed by atoms with Gasteiger partial charge in [-0.15, -0.1) is 5.10 Å². The maximum atomic E-state index is 11.9. The molecule has 0 saturated carbocycles. The highest BCUT2D eigenvalue weighted by atomic mass is 32.1. The van der Waals surface area contributed by atoms with E-state index >= 15 is 0 Å². The number of nitrogens with zero attached hydrogens (tertiary/aromatic N) is 4. The Morgan fingerprint density at radius 2 is 2.36 bits per heavy atom. The van der Waals surface area contributed by atoms with E-state index in [1.165, 1.54) is 0 Å². The lowest BCUT2D eigenvalue weighted by Gasteiger charge is -1.97. The van der Waals surface area contributed by atoms with Crippen LogP contribution in [0.3, 0.4) is 0 Å². The van der Waals surface area contributed by atoms with E-state index in [2.05, 4.69) is 14.6 Å². The summed E-state index contributed by atoms with van der Waals surface area (Å²) < 4.78 is 5.40. The Balaban J connectivity index is 2.44. The van der Waals surface area contributed by atoms with Gasteiger partial charge in [0, 0.05) is 19.4 Å². The Hall–Kier alpha value is -1.56. The molecule has 0 aromatic carbocycles. The molecule has 0 N–H and O–H groups in total. The maximum Gasteiger partial charge on any atom is 0.241 e. The number of aryl methyl sites for hydroxylation is 2. The van der Waals surface area contributed by atoms with E-state index < -0.39 is 0 Å². The highest BCUT2D eigenvalue weighted by Gasteiger charge is 2.18. The second kappa shape index (κ2) is 3.30. The summed E-state index contributed by atoms with van der Waals surface area (Å²) in [6.45, 7) is 1.76. The van der Waals surface area contributed by atoms with Crippen LogP contribution in [-0.4, -0.2) is 24.9 Å². The quantitative estimate of drug-likeness (QED) is 0.685. The lowest BCUT2D eigenvalue weighted by molar-refractivity contribution is 0.102. The van der Waals surface area contributed by atoms with E-state index in [1.807, 2.05) is 0 Å². The van der Waals surface area contributed by atoms with E-state index in [1.54, 1.807) is 30.9 Å². The van der Waals surface area contributed by atoms with E-state index in [-0.39, 0.29) is 5.78 Å². The zero-order valence-electron chi connectivity index (χ0n) is 7.76. The molecule has 2 aromatic heterocycles. The van der Waals surface area contributed by atoms with Crippen molar-refractivity contribution in [2.75, 3.05) is 0 Å². The minimum atomic E-state index is -0.120. The summed E-state index contributed by atoms with van der Waals surface area (Å²) in [5, 5.41) is 3.79. The average molecular weight is 208 g/mol. The van der Waals surface area contributed by atoms with E-state index in [0.717, 1.165) is 11.5 Å². The molecule has 0 saturated heterocycles. The molecule has 14 heavy (non-hydrogen) atoms.